The van der Waals surface area contributed by atoms with E-state index in [0.29, 0.717) is 5.75 Å². The Morgan fingerprint density at radius 1 is 1.31 bits per heavy atom. The molecular formula is C22H27N3O4. The zero-order valence-corrected chi connectivity index (χ0v) is 17.3. The molecule has 1 saturated carbocycles. The molecule has 29 heavy (non-hydrogen) atoms. The van der Waals surface area contributed by atoms with Crippen LogP contribution in [0.1, 0.15) is 56.3 Å². The first-order chi connectivity index (χ1) is 13.6. The second-order valence-electron chi connectivity index (χ2n) is 8.69. The number of aromatic nitrogens is 2. The molecule has 1 aliphatic rings. The van der Waals surface area contributed by atoms with Crippen LogP contribution in [0.5, 0.6) is 5.75 Å². The minimum absolute atomic E-state index is 0.0250. The third-order valence-corrected chi connectivity index (χ3v) is 5.12. The number of rotatable bonds is 6. The second kappa shape index (κ2) is 7.88. The molecule has 0 unspecified atom stereocenters. The Balaban J connectivity index is 1.74. The van der Waals surface area contributed by atoms with Gasteiger partial charge in [-0.1, -0.05) is 32.9 Å². The predicted molar refractivity (Wildman–Crippen MR) is 109 cm³/mol. The lowest BCUT2D eigenvalue weighted by Crippen LogP contribution is -2.44. The van der Waals surface area contributed by atoms with E-state index in [4.69, 9.17) is 4.74 Å². The maximum Gasteiger partial charge on any atom is 0.331 e. The maximum atomic E-state index is 12.6. The third kappa shape index (κ3) is 4.60. The molecule has 1 atom stereocenters. The van der Waals surface area contributed by atoms with E-state index < -0.39 is 17.4 Å². The number of aryl methyl sites for hydroxylation is 1. The number of aliphatic hydroxyl groups is 1. The number of ether oxygens (including phenoxy) is 1. The van der Waals surface area contributed by atoms with Crippen molar-refractivity contribution in [3.8, 4) is 11.8 Å². The topological polar surface area (TPSA) is 97.2 Å². The van der Waals surface area contributed by atoms with Gasteiger partial charge in [0.15, 0.2) is 0 Å². The van der Waals surface area contributed by atoms with Crippen LogP contribution in [0.2, 0.25) is 0 Å². The summed E-state index contributed by atoms with van der Waals surface area (Å²) < 4.78 is 8.08. The van der Waals surface area contributed by atoms with Crippen molar-refractivity contribution < 1.29 is 9.84 Å². The van der Waals surface area contributed by atoms with Crippen molar-refractivity contribution in [3.05, 3.63) is 61.9 Å². The Labute approximate surface area is 169 Å². The Kier molecular flexibility index (Phi) is 5.67. The summed E-state index contributed by atoms with van der Waals surface area (Å²) in [5, 5.41) is 19.6. The van der Waals surface area contributed by atoms with Crippen molar-refractivity contribution in [2.24, 2.45) is 0 Å². The van der Waals surface area contributed by atoms with E-state index >= 15 is 0 Å². The molecular weight excluding hydrogens is 370 g/mol. The third-order valence-electron chi connectivity index (χ3n) is 5.12. The van der Waals surface area contributed by atoms with Crippen molar-refractivity contribution in [1.82, 2.24) is 9.13 Å². The Bertz CT molecular complexity index is 1070. The Morgan fingerprint density at radius 2 is 2.00 bits per heavy atom. The van der Waals surface area contributed by atoms with Crippen molar-refractivity contribution in [2.45, 2.75) is 64.6 Å². The molecule has 1 aromatic heterocycles. The minimum atomic E-state index is -1.07. The zero-order valence-electron chi connectivity index (χ0n) is 17.3. The molecule has 1 fully saturated rings. The number of nitrogens with zero attached hydrogens (tertiary/aromatic N) is 3. The number of aliphatic hydroxyl groups excluding tert-OH is 1. The largest absolute Gasteiger partial charge is 0.491 e. The Hall–Kier alpha value is -2.85. The smallest absolute Gasteiger partial charge is 0.331 e. The van der Waals surface area contributed by atoms with Gasteiger partial charge in [0.1, 0.15) is 30.1 Å². The fraction of sp³-hybridized carbons (Fsp3) is 0.500. The highest BCUT2D eigenvalue weighted by Crippen LogP contribution is 2.33. The first-order valence-corrected chi connectivity index (χ1v) is 9.80. The molecule has 1 heterocycles. The van der Waals surface area contributed by atoms with E-state index in [1.807, 2.05) is 25.1 Å². The molecule has 1 aromatic carbocycles. The van der Waals surface area contributed by atoms with Crippen LogP contribution in [0.3, 0.4) is 0 Å². The molecule has 3 rings (SSSR count). The van der Waals surface area contributed by atoms with Crippen molar-refractivity contribution in [1.29, 1.82) is 5.26 Å². The average molecular weight is 397 g/mol. The lowest BCUT2D eigenvalue weighted by Gasteiger charge is -2.21. The summed E-state index contributed by atoms with van der Waals surface area (Å²) in [5.41, 5.74) is 0.878. The van der Waals surface area contributed by atoms with E-state index in [1.54, 1.807) is 0 Å². The summed E-state index contributed by atoms with van der Waals surface area (Å²) in [4.78, 5) is 25.0. The summed E-state index contributed by atoms with van der Waals surface area (Å²) in [6.07, 6.45) is 1.95. The van der Waals surface area contributed by atoms with Crippen LogP contribution in [-0.2, 0) is 12.0 Å². The summed E-state index contributed by atoms with van der Waals surface area (Å²) in [6.45, 7) is 8.04. The van der Waals surface area contributed by atoms with Crippen LogP contribution < -0.4 is 16.0 Å². The van der Waals surface area contributed by atoms with Crippen molar-refractivity contribution in [2.75, 3.05) is 6.61 Å². The fourth-order valence-corrected chi connectivity index (χ4v) is 3.20. The molecule has 154 valence electrons. The van der Waals surface area contributed by atoms with Crippen LogP contribution in [0.4, 0.5) is 0 Å². The van der Waals surface area contributed by atoms with Gasteiger partial charge in [-0.3, -0.25) is 13.9 Å². The van der Waals surface area contributed by atoms with E-state index in [2.05, 4.69) is 26.8 Å². The van der Waals surface area contributed by atoms with Crippen LogP contribution in [0, 0.1) is 18.3 Å². The molecule has 0 spiro atoms. The average Bonchev–Trinajstić information content (AvgIpc) is 3.48. The van der Waals surface area contributed by atoms with Gasteiger partial charge in [0, 0.05) is 12.2 Å². The highest BCUT2D eigenvalue weighted by Gasteiger charge is 2.27. The molecule has 1 N–H and O–H groups in total. The Morgan fingerprint density at radius 3 is 2.55 bits per heavy atom. The van der Waals surface area contributed by atoms with Gasteiger partial charge in [-0.15, -0.1) is 0 Å². The monoisotopic (exact) mass is 397 g/mol. The fourth-order valence-electron chi connectivity index (χ4n) is 3.20. The van der Waals surface area contributed by atoms with Gasteiger partial charge in [0.05, 0.1) is 6.54 Å². The van der Waals surface area contributed by atoms with Crippen molar-refractivity contribution >= 4 is 0 Å². The van der Waals surface area contributed by atoms with E-state index in [-0.39, 0.29) is 30.2 Å². The van der Waals surface area contributed by atoms with Crippen LogP contribution in [0.15, 0.2) is 34.0 Å². The standard InChI is InChI=1S/C22H27N3O4/c1-14-9-16(22(2,3)4)5-8-19(14)29-13-18(26)12-25-20(27)15(10-23)11-24(21(25)28)17-6-7-17/h5,8-9,11,17-18,26H,6-7,12-13H2,1-4H3/t18-/m0/s1. The lowest BCUT2D eigenvalue weighted by atomic mass is 9.86. The van der Waals surface area contributed by atoms with Crippen LogP contribution in [0.25, 0.3) is 0 Å². The first-order valence-electron chi connectivity index (χ1n) is 9.80. The first kappa shape index (κ1) is 20.9. The van der Waals surface area contributed by atoms with Gasteiger partial charge >= 0.3 is 5.69 Å². The zero-order chi connectivity index (χ0) is 21.3. The molecule has 1 aliphatic carbocycles. The molecule has 0 bridgehead atoms. The minimum Gasteiger partial charge on any atom is -0.491 e. The molecule has 7 nitrogen and oxygen atoms in total. The van der Waals surface area contributed by atoms with Gasteiger partial charge in [0.2, 0.25) is 0 Å². The summed E-state index contributed by atoms with van der Waals surface area (Å²) in [6, 6.07) is 7.77. The number of nitriles is 1. The SMILES string of the molecule is Cc1cc(C(C)(C)C)ccc1OC[C@@H](O)Cn1c(=O)c(C#N)cn(C2CC2)c1=O. The second-order valence-corrected chi connectivity index (χ2v) is 8.69. The predicted octanol–water partition coefficient (Wildman–Crippen LogP) is 2.26. The van der Waals surface area contributed by atoms with Crippen LogP contribution in [-0.4, -0.2) is 27.0 Å². The quantitative estimate of drug-likeness (QED) is 0.806. The maximum absolute atomic E-state index is 12.6. The number of hydrogen-bond donors (Lipinski definition) is 1. The van der Waals surface area contributed by atoms with Crippen LogP contribution >= 0.6 is 0 Å². The highest BCUT2D eigenvalue weighted by molar-refractivity contribution is 5.38. The molecule has 2 aromatic rings. The van der Waals surface area contributed by atoms with Gasteiger partial charge in [-0.2, -0.15) is 5.26 Å². The van der Waals surface area contributed by atoms with E-state index in [9.17, 15) is 20.0 Å². The summed E-state index contributed by atoms with van der Waals surface area (Å²) >= 11 is 0. The summed E-state index contributed by atoms with van der Waals surface area (Å²) in [7, 11) is 0. The van der Waals surface area contributed by atoms with E-state index in [1.165, 1.54) is 16.3 Å². The molecule has 0 radical (unpaired) electrons. The molecule has 0 amide bonds. The van der Waals surface area contributed by atoms with Gasteiger partial charge in [-0.25, -0.2) is 4.79 Å². The lowest BCUT2D eigenvalue weighted by molar-refractivity contribution is 0.0896. The highest BCUT2D eigenvalue weighted by atomic mass is 16.5. The summed E-state index contributed by atoms with van der Waals surface area (Å²) in [5.74, 6) is 0.644. The van der Waals surface area contributed by atoms with Gasteiger partial charge in [-0.05, 0) is 42.4 Å². The van der Waals surface area contributed by atoms with Gasteiger partial charge < -0.3 is 9.84 Å². The van der Waals surface area contributed by atoms with Gasteiger partial charge in [0.25, 0.3) is 5.56 Å². The normalized spacial score (nSPS) is 15.0. The number of hydrogen-bond acceptors (Lipinski definition) is 5. The molecule has 0 aliphatic heterocycles. The number of benzene rings is 1. The molecule has 0 saturated heterocycles. The van der Waals surface area contributed by atoms with Crippen molar-refractivity contribution in [3.63, 3.8) is 0 Å². The van der Waals surface area contributed by atoms with E-state index in [0.717, 1.165) is 23.0 Å². The molecule has 7 heteroatoms.